The maximum atomic E-state index is 14.9. The molecular formula is C27H27F3N6O3. The molecule has 1 aliphatic rings. The van der Waals surface area contributed by atoms with Gasteiger partial charge in [0.25, 0.3) is 5.91 Å². The second-order valence-electron chi connectivity index (χ2n) is 9.12. The lowest BCUT2D eigenvalue weighted by Crippen LogP contribution is -2.56. The molecule has 3 aromatic rings. The Morgan fingerprint density at radius 2 is 1.82 bits per heavy atom. The fourth-order valence-corrected chi connectivity index (χ4v) is 4.31. The Morgan fingerprint density at radius 3 is 2.54 bits per heavy atom. The van der Waals surface area contributed by atoms with Crippen molar-refractivity contribution >= 4 is 23.5 Å². The molecule has 0 spiro atoms. The number of anilines is 1. The number of piperazine rings is 1. The number of alkyl halides is 2. The minimum Gasteiger partial charge on any atom is -0.319 e. The minimum absolute atomic E-state index is 0.158. The molecule has 0 saturated carbocycles. The topological polar surface area (TPSA) is 107 Å². The van der Waals surface area contributed by atoms with E-state index in [0.717, 1.165) is 17.2 Å². The SMILES string of the molecule is CN1CCN(C(=O)Nc2cccc(-c3cccnc3)c2)C(Cc2ccc(C(=O)NNC(=O)C(F)F)cc2F)C1. The fraction of sp³-hybridized carbons (Fsp3) is 0.259. The van der Waals surface area contributed by atoms with E-state index < -0.39 is 24.1 Å². The van der Waals surface area contributed by atoms with Gasteiger partial charge in [-0.2, -0.15) is 8.78 Å². The van der Waals surface area contributed by atoms with Gasteiger partial charge >= 0.3 is 18.4 Å². The lowest BCUT2D eigenvalue weighted by Gasteiger charge is -2.40. The lowest BCUT2D eigenvalue weighted by molar-refractivity contribution is -0.132. The van der Waals surface area contributed by atoms with Crippen LogP contribution in [-0.4, -0.2) is 71.8 Å². The molecule has 1 aromatic heterocycles. The summed E-state index contributed by atoms with van der Waals surface area (Å²) in [5.74, 6) is -3.31. The average Bonchev–Trinajstić information content (AvgIpc) is 2.93. The first kappa shape index (κ1) is 27.6. The van der Waals surface area contributed by atoms with Gasteiger partial charge < -0.3 is 15.1 Å². The van der Waals surface area contributed by atoms with E-state index in [1.165, 1.54) is 12.1 Å². The van der Waals surface area contributed by atoms with Gasteiger partial charge in [0.1, 0.15) is 5.82 Å². The molecule has 0 aliphatic carbocycles. The molecule has 12 heteroatoms. The number of carbonyl (C=O) groups is 3. The molecule has 9 nitrogen and oxygen atoms in total. The third-order valence-corrected chi connectivity index (χ3v) is 6.32. The number of hydrogen-bond donors (Lipinski definition) is 3. The van der Waals surface area contributed by atoms with Crippen LogP contribution >= 0.6 is 0 Å². The van der Waals surface area contributed by atoms with Crippen LogP contribution in [-0.2, 0) is 11.2 Å². The summed E-state index contributed by atoms with van der Waals surface area (Å²) in [6.07, 6.45) is 0.302. The minimum atomic E-state index is -3.30. The van der Waals surface area contributed by atoms with Crippen LogP contribution in [0.2, 0.25) is 0 Å². The molecule has 1 atom stereocenters. The Kier molecular flexibility index (Phi) is 8.77. The van der Waals surface area contributed by atoms with Crippen molar-refractivity contribution in [3.8, 4) is 11.1 Å². The quantitative estimate of drug-likeness (QED) is 0.416. The number of nitrogens with one attached hydrogen (secondary N) is 3. The van der Waals surface area contributed by atoms with Crippen LogP contribution in [0.1, 0.15) is 15.9 Å². The van der Waals surface area contributed by atoms with E-state index in [4.69, 9.17) is 0 Å². The molecule has 0 radical (unpaired) electrons. The molecule has 0 bridgehead atoms. The molecule has 3 N–H and O–H groups in total. The van der Waals surface area contributed by atoms with E-state index in [2.05, 4.69) is 10.3 Å². The Morgan fingerprint density at radius 1 is 1.03 bits per heavy atom. The summed E-state index contributed by atoms with van der Waals surface area (Å²) in [5, 5.41) is 2.94. The van der Waals surface area contributed by atoms with E-state index >= 15 is 0 Å². The molecule has 2 heterocycles. The third-order valence-electron chi connectivity index (χ3n) is 6.32. The number of hydrogen-bond acceptors (Lipinski definition) is 5. The summed E-state index contributed by atoms with van der Waals surface area (Å²) in [5.41, 5.74) is 5.92. The summed E-state index contributed by atoms with van der Waals surface area (Å²) < 4.78 is 39.5. The summed E-state index contributed by atoms with van der Waals surface area (Å²) in [6, 6.07) is 14.2. The van der Waals surface area contributed by atoms with Crippen molar-refractivity contribution in [2.75, 3.05) is 32.0 Å². The van der Waals surface area contributed by atoms with Gasteiger partial charge in [0.05, 0.1) is 6.04 Å². The number of rotatable bonds is 6. The number of urea groups is 1. The van der Waals surface area contributed by atoms with Gasteiger partial charge in [-0.05, 0) is 54.9 Å². The molecule has 39 heavy (non-hydrogen) atoms. The van der Waals surface area contributed by atoms with Crippen LogP contribution in [0.3, 0.4) is 0 Å². The average molecular weight is 541 g/mol. The molecule has 1 unspecified atom stereocenters. The zero-order chi connectivity index (χ0) is 27.9. The highest BCUT2D eigenvalue weighted by molar-refractivity contribution is 5.95. The first-order chi connectivity index (χ1) is 18.7. The fourth-order valence-electron chi connectivity index (χ4n) is 4.31. The number of nitrogens with zero attached hydrogens (tertiary/aromatic N) is 3. The van der Waals surface area contributed by atoms with E-state index in [9.17, 15) is 27.6 Å². The van der Waals surface area contributed by atoms with Crippen LogP contribution < -0.4 is 16.2 Å². The first-order valence-corrected chi connectivity index (χ1v) is 12.1. The molecule has 204 valence electrons. The largest absolute Gasteiger partial charge is 0.322 e. The first-order valence-electron chi connectivity index (χ1n) is 12.1. The van der Waals surface area contributed by atoms with Gasteiger partial charge in [0.15, 0.2) is 0 Å². The molecular weight excluding hydrogens is 513 g/mol. The Bertz CT molecular complexity index is 1340. The summed E-state index contributed by atoms with van der Waals surface area (Å²) in [4.78, 5) is 44.1. The van der Waals surface area contributed by atoms with Gasteiger partial charge in [0, 0.05) is 48.8 Å². The number of amides is 4. The number of carbonyl (C=O) groups excluding carboxylic acids is 3. The number of benzene rings is 2. The highest BCUT2D eigenvalue weighted by Crippen LogP contribution is 2.23. The van der Waals surface area contributed by atoms with Crippen LogP contribution in [0.25, 0.3) is 11.1 Å². The zero-order valence-electron chi connectivity index (χ0n) is 21.0. The van der Waals surface area contributed by atoms with E-state index in [1.807, 2.05) is 47.7 Å². The van der Waals surface area contributed by atoms with Gasteiger partial charge in [-0.15, -0.1) is 0 Å². The number of halogens is 3. The Labute approximate surface area is 223 Å². The van der Waals surface area contributed by atoms with Crippen molar-refractivity contribution in [2.24, 2.45) is 0 Å². The van der Waals surface area contributed by atoms with Crippen LogP contribution in [0.4, 0.5) is 23.7 Å². The van der Waals surface area contributed by atoms with Crippen molar-refractivity contribution in [2.45, 2.75) is 18.9 Å². The van der Waals surface area contributed by atoms with E-state index in [1.54, 1.807) is 28.8 Å². The molecule has 4 rings (SSSR count). The summed E-state index contributed by atoms with van der Waals surface area (Å²) in [7, 11) is 1.91. The van der Waals surface area contributed by atoms with E-state index in [-0.39, 0.29) is 29.6 Å². The van der Waals surface area contributed by atoms with Crippen molar-refractivity contribution in [3.63, 3.8) is 0 Å². The van der Waals surface area contributed by atoms with Gasteiger partial charge in [-0.25, -0.2) is 9.18 Å². The maximum absolute atomic E-state index is 14.9. The van der Waals surface area contributed by atoms with Crippen LogP contribution in [0.15, 0.2) is 67.0 Å². The highest BCUT2D eigenvalue weighted by atomic mass is 19.3. The predicted molar refractivity (Wildman–Crippen MR) is 138 cm³/mol. The van der Waals surface area contributed by atoms with Crippen LogP contribution in [0.5, 0.6) is 0 Å². The maximum Gasteiger partial charge on any atom is 0.322 e. The second kappa shape index (κ2) is 12.4. The van der Waals surface area contributed by atoms with Gasteiger partial charge in [-0.3, -0.25) is 25.4 Å². The van der Waals surface area contributed by atoms with Crippen LogP contribution in [0, 0.1) is 5.82 Å². The molecule has 1 saturated heterocycles. The summed E-state index contributed by atoms with van der Waals surface area (Å²) in [6.45, 7) is 1.58. The number of hydrazine groups is 1. The monoisotopic (exact) mass is 540 g/mol. The molecule has 4 amide bonds. The molecule has 2 aromatic carbocycles. The standard InChI is InChI=1S/C27H27F3N6O3/c1-35-10-11-36(27(39)32-21-6-2-4-17(12-21)20-5-3-9-31-15-20)22(16-35)13-18-7-8-19(14-23(18)28)25(37)33-34-26(38)24(29)30/h2-9,12,14-15,22,24H,10-11,13,16H2,1H3,(H,32,39)(H,33,37)(H,34,38). The molecule has 1 fully saturated rings. The molecule has 1 aliphatic heterocycles. The van der Waals surface area contributed by atoms with Crippen molar-refractivity contribution in [1.29, 1.82) is 0 Å². The van der Waals surface area contributed by atoms with Crippen molar-refractivity contribution < 1.29 is 27.6 Å². The predicted octanol–water partition coefficient (Wildman–Crippen LogP) is 3.30. The van der Waals surface area contributed by atoms with E-state index in [0.29, 0.717) is 25.3 Å². The Hall–Kier alpha value is -4.45. The Balaban J connectivity index is 1.44. The normalized spacial score (nSPS) is 15.6. The van der Waals surface area contributed by atoms with Crippen molar-refractivity contribution in [3.05, 3.63) is 83.9 Å². The summed E-state index contributed by atoms with van der Waals surface area (Å²) >= 11 is 0. The van der Waals surface area contributed by atoms with Gasteiger partial charge in [-0.1, -0.05) is 24.3 Å². The lowest BCUT2D eigenvalue weighted by atomic mass is 10.0. The number of aromatic nitrogens is 1. The second-order valence-corrected chi connectivity index (χ2v) is 9.12. The van der Waals surface area contributed by atoms with Gasteiger partial charge in [0.2, 0.25) is 0 Å². The number of pyridine rings is 1. The zero-order valence-corrected chi connectivity index (χ0v) is 21.0. The van der Waals surface area contributed by atoms with Crippen molar-refractivity contribution in [1.82, 2.24) is 25.6 Å². The third kappa shape index (κ3) is 7.11. The highest BCUT2D eigenvalue weighted by Gasteiger charge is 2.30. The smallest absolute Gasteiger partial charge is 0.319 e. The number of likely N-dealkylation sites (N-methyl/N-ethyl adjacent to an activating group) is 1.